The average molecular weight is 533 g/mol. The van der Waals surface area contributed by atoms with Crippen LogP contribution in [0.1, 0.15) is 95.6 Å². The summed E-state index contributed by atoms with van der Waals surface area (Å²) < 4.78 is 5.27. The third-order valence-corrected chi connectivity index (χ3v) is 6.16. The first-order chi connectivity index (χ1) is 16.8. The number of hydrogen-bond donors (Lipinski definition) is 2. The average Bonchev–Trinajstić information content (AvgIpc) is 2.84. The van der Waals surface area contributed by atoms with Crippen LogP contribution in [-0.2, 0) is 14.3 Å². The van der Waals surface area contributed by atoms with Crippen LogP contribution < -0.4 is 5.32 Å². The summed E-state index contributed by atoms with van der Waals surface area (Å²) in [6.45, 7) is 1.93. The van der Waals surface area contributed by atoms with Crippen LogP contribution in [0.15, 0.2) is 24.3 Å². The molecule has 8 nitrogen and oxygen atoms in total. The van der Waals surface area contributed by atoms with Crippen molar-refractivity contribution in [1.29, 1.82) is 0 Å². The van der Waals surface area contributed by atoms with Gasteiger partial charge in [0.05, 0.1) is 11.0 Å². The molecule has 0 aromatic heterocycles. The lowest BCUT2D eigenvalue weighted by Crippen LogP contribution is -2.45. The van der Waals surface area contributed by atoms with Gasteiger partial charge < -0.3 is 15.2 Å². The number of carbonyl (C=O) groups excluding carboxylic acids is 2. The number of nitro benzene ring substituents is 1. The molecular weight excluding hydrogens is 495 g/mol. The van der Waals surface area contributed by atoms with Gasteiger partial charge in [0.15, 0.2) is 4.84 Å². The van der Waals surface area contributed by atoms with Gasteiger partial charge in [-0.25, -0.2) is 0 Å². The Kier molecular flexibility index (Phi) is 16.3. The Morgan fingerprint density at radius 2 is 1.49 bits per heavy atom. The van der Waals surface area contributed by atoms with Gasteiger partial charge in [-0.1, -0.05) is 94.3 Å². The highest BCUT2D eigenvalue weighted by Crippen LogP contribution is 2.21. The van der Waals surface area contributed by atoms with Gasteiger partial charge in [0.1, 0.15) is 12.7 Å². The Balaban J connectivity index is 2.40. The van der Waals surface area contributed by atoms with Crippen molar-refractivity contribution >= 4 is 40.8 Å². The number of aliphatic hydroxyl groups excluding tert-OH is 1. The molecule has 0 aliphatic heterocycles. The van der Waals surface area contributed by atoms with Crippen LogP contribution in [0.3, 0.4) is 0 Å². The molecule has 2 atom stereocenters. The molecule has 0 aliphatic carbocycles. The Morgan fingerprint density at radius 3 is 1.97 bits per heavy atom. The van der Waals surface area contributed by atoms with Crippen molar-refractivity contribution in [2.24, 2.45) is 0 Å². The predicted molar refractivity (Wildman–Crippen MR) is 138 cm³/mol. The quantitative estimate of drug-likeness (QED) is 0.0723. The van der Waals surface area contributed by atoms with Crippen molar-refractivity contribution in [3.8, 4) is 0 Å². The third kappa shape index (κ3) is 13.7. The Hall–Kier alpha value is -1.90. The van der Waals surface area contributed by atoms with Gasteiger partial charge in [0.2, 0.25) is 0 Å². The van der Waals surface area contributed by atoms with E-state index in [0.29, 0.717) is 12.0 Å². The minimum absolute atomic E-state index is 0.137. The molecule has 0 unspecified atom stereocenters. The van der Waals surface area contributed by atoms with Crippen molar-refractivity contribution in [2.45, 2.75) is 101 Å². The number of ether oxygens (including phenoxy) is 1. The van der Waals surface area contributed by atoms with Gasteiger partial charge in [-0.15, -0.1) is 0 Å². The molecule has 2 N–H and O–H groups in total. The molecule has 0 spiro atoms. The maximum Gasteiger partial charge on any atom is 0.305 e. The minimum Gasteiger partial charge on any atom is -0.463 e. The zero-order valence-corrected chi connectivity index (χ0v) is 21.9. The number of nitrogens with zero attached hydrogens (tertiary/aromatic N) is 1. The second-order valence-electron chi connectivity index (χ2n) is 8.68. The molecule has 1 amide bonds. The maximum absolute atomic E-state index is 12.2. The summed E-state index contributed by atoms with van der Waals surface area (Å²) in [5.41, 5.74) is 0.171. The van der Waals surface area contributed by atoms with E-state index >= 15 is 0 Å². The van der Waals surface area contributed by atoms with E-state index in [9.17, 15) is 24.8 Å². The number of unbranched alkanes of at least 4 members (excludes halogenated alkanes) is 10. The number of nitrogens with one attached hydrogen (secondary N) is 1. The summed E-state index contributed by atoms with van der Waals surface area (Å²) >= 11 is 11.2. The highest BCUT2D eigenvalue weighted by molar-refractivity contribution is 6.53. The van der Waals surface area contributed by atoms with Crippen LogP contribution in [0, 0.1) is 10.1 Å². The number of halogens is 2. The van der Waals surface area contributed by atoms with Crippen molar-refractivity contribution in [2.75, 3.05) is 6.61 Å². The fourth-order valence-corrected chi connectivity index (χ4v) is 3.80. The Morgan fingerprint density at radius 1 is 0.971 bits per heavy atom. The second-order valence-corrected chi connectivity index (χ2v) is 9.77. The number of nitro groups is 1. The fourth-order valence-electron chi connectivity index (χ4n) is 3.67. The van der Waals surface area contributed by atoms with Gasteiger partial charge in [-0.05, 0) is 24.1 Å². The zero-order valence-electron chi connectivity index (χ0n) is 20.4. The highest BCUT2D eigenvalue weighted by Gasteiger charge is 2.27. The lowest BCUT2D eigenvalue weighted by molar-refractivity contribution is -0.384. The summed E-state index contributed by atoms with van der Waals surface area (Å²) in [5, 5.41) is 24.0. The second kappa shape index (κ2) is 18.4. The summed E-state index contributed by atoms with van der Waals surface area (Å²) in [6.07, 6.45) is 11.9. The number of hydrogen-bond acceptors (Lipinski definition) is 6. The van der Waals surface area contributed by atoms with Crippen molar-refractivity contribution in [3.63, 3.8) is 0 Å². The van der Waals surface area contributed by atoms with Crippen molar-refractivity contribution in [3.05, 3.63) is 39.9 Å². The monoisotopic (exact) mass is 532 g/mol. The molecule has 1 aromatic carbocycles. The summed E-state index contributed by atoms with van der Waals surface area (Å²) in [4.78, 5) is 33.0. The number of carbonyl (C=O) groups is 2. The number of benzene rings is 1. The third-order valence-electron chi connectivity index (χ3n) is 5.76. The lowest BCUT2D eigenvalue weighted by atomic mass is 10.0. The van der Waals surface area contributed by atoms with Crippen LogP contribution in [0.5, 0.6) is 0 Å². The SMILES string of the molecule is CCCCCCCCCCCCCC(=O)OC[C@@H](NC(=O)C(Cl)Cl)[C@H](O)c1ccc([N+](=O)[O-])cc1. The van der Waals surface area contributed by atoms with Gasteiger partial charge in [-0.2, -0.15) is 0 Å². The van der Waals surface area contributed by atoms with Crippen LogP contribution >= 0.6 is 23.2 Å². The molecule has 0 aliphatic rings. The number of non-ortho nitro benzene ring substituents is 1. The van der Waals surface area contributed by atoms with Crippen LogP contribution in [0.4, 0.5) is 5.69 Å². The first kappa shape index (κ1) is 31.1. The van der Waals surface area contributed by atoms with E-state index in [4.69, 9.17) is 27.9 Å². The van der Waals surface area contributed by atoms with E-state index in [-0.39, 0.29) is 18.7 Å². The maximum atomic E-state index is 12.2. The van der Waals surface area contributed by atoms with Crippen LogP contribution in [-0.4, -0.2) is 39.4 Å². The number of amides is 1. The molecule has 1 rings (SSSR count). The normalized spacial score (nSPS) is 12.8. The number of rotatable bonds is 19. The van der Waals surface area contributed by atoms with Crippen molar-refractivity contribution in [1.82, 2.24) is 5.32 Å². The molecule has 0 saturated heterocycles. The predicted octanol–water partition coefficient (Wildman–Crippen LogP) is 6.16. The zero-order chi connectivity index (χ0) is 26.1. The summed E-state index contributed by atoms with van der Waals surface area (Å²) in [5.74, 6) is -1.18. The molecule has 0 radical (unpaired) electrons. The lowest BCUT2D eigenvalue weighted by Gasteiger charge is -2.24. The fraction of sp³-hybridized carbons (Fsp3) is 0.680. The summed E-state index contributed by atoms with van der Waals surface area (Å²) in [7, 11) is 0. The standard InChI is InChI=1S/C25H38Cl2N2O6/c1-2-3-4-5-6-7-8-9-10-11-12-13-22(30)35-18-21(28-25(32)24(26)27)23(31)19-14-16-20(17-15-19)29(33)34/h14-17,21,23-24,31H,2-13,18H2,1H3,(H,28,32)/t21-,23-/m1/s1. The smallest absolute Gasteiger partial charge is 0.305 e. The van der Waals surface area contributed by atoms with E-state index in [2.05, 4.69) is 12.2 Å². The molecule has 0 fully saturated rings. The Labute approximate surface area is 217 Å². The largest absolute Gasteiger partial charge is 0.463 e. The van der Waals surface area contributed by atoms with Gasteiger partial charge in [-0.3, -0.25) is 19.7 Å². The molecule has 0 heterocycles. The van der Waals surface area contributed by atoms with E-state index < -0.39 is 33.8 Å². The number of aliphatic hydroxyl groups is 1. The van der Waals surface area contributed by atoms with E-state index in [1.54, 1.807) is 0 Å². The van der Waals surface area contributed by atoms with Gasteiger partial charge in [0, 0.05) is 18.6 Å². The van der Waals surface area contributed by atoms with Gasteiger partial charge >= 0.3 is 5.97 Å². The highest BCUT2D eigenvalue weighted by atomic mass is 35.5. The molecule has 10 heteroatoms. The van der Waals surface area contributed by atoms with E-state index in [0.717, 1.165) is 19.3 Å². The molecule has 1 aromatic rings. The first-order valence-corrected chi connectivity index (χ1v) is 13.3. The molecule has 35 heavy (non-hydrogen) atoms. The number of alkyl halides is 2. The minimum atomic E-state index is -1.37. The van der Waals surface area contributed by atoms with Crippen LogP contribution in [0.2, 0.25) is 0 Å². The van der Waals surface area contributed by atoms with Crippen LogP contribution in [0.25, 0.3) is 0 Å². The molecule has 198 valence electrons. The first-order valence-electron chi connectivity index (χ1n) is 12.4. The molecule has 0 saturated carbocycles. The van der Waals surface area contributed by atoms with Crippen molar-refractivity contribution < 1.29 is 24.4 Å². The van der Waals surface area contributed by atoms with E-state index in [1.807, 2.05) is 0 Å². The molecular formula is C25H38Cl2N2O6. The molecule has 0 bridgehead atoms. The van der Waals surface area contributed by atoms with E-state index in [1.165, 1.54) is 69.2 Å². The summed E-state index contributed by atoms with van der Waals surface area (Å²) in [6, 6.07) is 4.19. The number of esters is 1. The van der Waals surface area contributed by atoms with Gasteiger partial charge in [0.25, 0.3) is 11.6 Å². The topological polar surface area (TPSA) is 119 Å². The Bertz CT molecular complexity index is 761.